The van der Waals surface area contributed by atoms with E-state index in [1.54, 1.807) is 17.1 Å². The number of rotatable bonds is 1. The molecule has 19 heavy (non-hydrogen) atoms. The van der Waals surface area contributed by atoms with Gasteiger partial charge in [0.1, 0.15) is 0 Å². The van der Waals surface area contributed by atoms with Crippen LogP contribution in [0.15, 0.2) is 36.8 Å². The third-order valence-electron chi connectivity index (χ3n) is 3.00. The number of nitrogens with zero attached hydrogens (tertiary/aromatic N) is 3. The van der Waals surface area contributed by atoms with Gasteiger partial charge in [-0.3, -0.25) is 0 Å². The summed E-state index contributed by atoms with van der Waals surface area (Å²) in [5.74, 6) is 2.32. The average molecular weight is 365 g/mol. The second kappa shape index (κ2) is 4.09. The second-order valence-corrected chi connectivity index (χ2v) is 5.41. The van der Waals surface area contributed by atoms with Crippen molar-refractivity contribution in [2.45, 2.75) is 0 Å². The molecule has 0 N–H and O–H groups in total. The highest BCUT2D eigenvalue weighted by atomic mass is 127. The van der Waals surface area contributed by atoms with Crippen molar-refractivity contribution in [2.75, 3.05) is 6.79 Å². The number of hydrogen-bond acceptors (Lipinski definition) is 4. The van der Waals surface area contributed by atoms with Crippen LogP contribution in [0.3, 0.4) is 0 Å². The molecule has 0 atom stereocenters. The molecule has 2 aromatic heterocycles. The minimum atomic E-state index is 0.272. The monoisotopic (exact) mass is 365 g/mol. The van der Waals surface area contributed by atoms with Crippen LogP contribution in [0.1, 0.15) is 0 Å². The van der Waals surface area contributed by atoms with Crippen LogP contribution in [-0.2, 0) is 0 Å². The van der Waals surface area contributed by atoms with Crippen LogP contribution in [0.2, 0.25) is 0 Å². The number of halogens is 1. The van der Waals surface area contributed by atoms with Gasteiger partial charge in [-0.1, -0.05) is 0 Å². The average Bonchev–Trinajstić information content (AvgIpc) is 3.03. The molecule has 0 spiro atoms. The number of ether oxygens (including phenoxy) is 2. The Bertz CT molecular complexity index is 785. The Labute approximate surface area is 122 Å². The van der Waals surface area contributed by atoms with Crippen LogP contribution >= 0.6 is 22.6 Å². The highest BCUT2D eigenvalue weighted by Crippen LogP contribution is 2.37. The maximum Gasteiger partial charge on any atom is 0.231 e. The van der Waals surface area contributed by atoms with Crippen molar-refractivity contribution in [3.05, 3.63) is 40.4 Å². The smallest absolute Gasteiger partial charge is 0.231 e. The van der Waals surface area contributed by atoms with E-state index in [0.29, 0.717) is 0 Å². The van der Waals surface area contributed by atoms with Gasteiger partial charge in [0.05, 0.1) is 9.77 Å². The van der Waals surface area contributed by atoms with Gasteiger partial charge >= 0.3 is 0 Å². The Morgan fingerprint density at radius 3 is 2.84 bits per heavy atom. The zero-order chi connectivity index (χ0) is 12.8. The lowest BCUT2D eigenvalue weighted by molar-refractivity contribution is 0.174. The van der Waals surface area contributed by atoms with Crippen molar-refractivity contribution >= 4 is 33.4 Å². The van der Waals surface area contributed by atoms with E-state index < -0.39 is 0 Å². The number of aromatic nitrogens is 3. The predicted octanol–water partition coefficient (Wildman–Crippen LogP) is 2.75. The molecule has 0 bridgehead atoms. The lowest BCUT2D eigenvalue weighted by Gasteiger charge is -2.06. The standard InChI is InChI=1S/C13H8IN3O2/c14-9-5-16-17(6-9)13-10-4-12-11(18-7-19-12)3-8(10)1-2-15-13/h1-6H,7H2. The van der Waals surface area contributed by atoms with Crippen LogP contribution in [0.25, 0.3) is 16.6 Å². The van der Waals surface area contributed by atoms with Crippen molar-refractivity contribution in [3.63, 3.8) is 0 Å². The van der Waals surface area contributed by atoms with Crippen LogP contribution in [0.5, 0.6) is 11.5 Å². The summed E-state index contributed by atoms with van der Waals surface area (Å²) in [6, 6.07) is 5.88. The number of pyridine rings is 1. The molecule has 3 aromatic rings. The fraction of sp³-hybridized carbons (Fsp3) is 0.0769. The summed E-state index contributed by atoms with van der Waals surface area (Å²) < 4.78 is 13.6. The molecule has 94 valence electrons. The molecule has 1 aromatic carbocycles. The Hall–Kier alpha value is -1.83. The normalized spacial score (nSPS) is 13.1. The maximum atomic E-state index is 5.42. The van der Waals surface area contributed by atoms with Gasteiger partial charge in [-0.25, -0.2) is 9.67 Å². The lowest BCUT2D eigenvalue weighted by Crippen LogP contribution is -1.98. The summed E-state index contributed by atoms with van der Waals surface area (Å²) in [5, 5.41) is 6.35. The Morgan fingerprint density at radius 1 is 1.21 bits per heavy atom. The first-order valence-electron chi connectivity index (χ1n) is 5.70. The van der Waals surface area contributed by atoms with Gasteiger partial charge in [-0.2, -0.15) is 5.10 Å². The molecule has 3 heterocycles. The van der Waals surface area contributed by atoms with Gasteiger partial charge in [-0.15, -0.1) is 0 Å². The minimum absolute atomic E-state index is 0.272. The van der Waals surface area contributed by atoms with Crippen LogP contribution < -0.4 is 9.47 Å². The third kappa shape index (κ3) is 1.74. The van der Waals surface area contributed by atoms with Crippen molar-refractivity contribution < 1.29 is 9.47 Å². The van der Waals surface area contributed by atoms with Gasteiger partial charge in [-0.05, 0) is 46.2 Å². The molecule has 1 aliphatic rings. The summed E-state index contributed by atoms with van der Waals surface area (Å²) in [4.78, 5) is 4.42. The minimum Gasteiger partial charge on any atom is -0.454 e. The Balaban J connectivity index is 2.01. The summed E-state index contributed by atoms with van der Waals surface area (Å²) in [6.45, 7) is 0.272. The topological polar surface area (TPSA) is 49.2 Å². The molecular formula is C13H8IN3O2. The highest BCUT2D eigenvalue weighted by Gasteiger charge is 2.16. The summed E-state index contributed by atoms with van der Waals surface area (Å²) in [7, 11) is 0. The molecule has 0 aliphatic carbocycles. The first-order valence-corrected chi connectivity index (χ1v) is 6.78. The first kappa shape index (κ1) is 11.0. The molecular weight excluding hydrogens is 357 g/mol. The van der Waals surface area contributed by atoms with Crippen molar-refractivity contribution in [2.24, 2.45) is 0 Å². The Kier molecular flexibility index (Phi) is 2.37. The lowest BCUT2D eigenvalue weighted by atomic mass is 10.1. The third-order valence-corrected chi connectivity index (χ3v) is 3.56. The molecule has 6 heteroatoms. The quantitative estimate of drug-likeness (QED) is 0.623. The number of hydrogen-bond donors (Lipinski definition) is 0. The molecule has 4 rings (SSSR count). The molecule has 0 fully saturated rings. The second-order valence-electron chi connectivity index (χ2n) is 4.16. The van der Waals surface area contributed by atoms with Gasteiger partial charge in [0.25, 0.3) is 0 Å². The Morgan fingerprint density at radius 2 is 2.05 bits per heavy atom. The van der Waals surface area contributed by atoms with E-state index in [0.717, 1.165) is 31.7 Å². The van der Waals surface area contributed by atoms with Gasteiger partial charge in [0.2, 0.25) is 6.79 Å². The maximum absolute atomic E-state index is 5.42. The molecule has 5 nitrogen and oxygen atoms in total. The summed E-state index contributed by atoms with van der Waals surface area (Å²) in [5.41, 5.74) is 0. The zero-order valence-corrected chi connectivity index (χ0v) is 11.9. The van der Waals surface area contributed by atoms with Crippen LogP contribution in [-0.4, -0.2) is 21.6 Å². The van der Waals surface area contributed by atoms with Gasteiger partial charge in [0, 0.05) is 17.8 Å². The van der Waals surface area contributed by atoms with E-state index >= 15 is 0 Å². The summed E-state index contributed by atoms with van der Waals surface area (Å²) in [6.07, 6.45) is 5.51. The predicted molar refractivity (Wildman–Crippen MR) is 77.7 cm³/mol. The van der Waals surface area contributed by atoms with E-state index in [2.05, 4.69) is 32.7 Å². The molecule has 1 aliphatic heterocycles. The molecule has 0 amide bonds. The molecule has 0 saturated heterocycles. The molecule has 0 saturated carbocycles. The number of benzene rings is 1. The van der Waals surface area contributed by atoms with E-state index in [1.807, 2.05) is 24.4 Å². The van der Waals surface area contributed by atoms with Crippen LogP contribution in [0, 0.1) is 3.57 Å². The van der Waals surface area contributed by atoms with E-state index in [1.165, 1.54) is 0 Å². The van der Waals surface area contributed by atoms with Gasteiger partial charge in [0.15, 0.2) is 17.3 Å². The van der Waals surface area contributed by atoms with E-state index in [4.69, 9.17) is 9.47 Å². The first-order chi connectivity index (χ1) is 9.31. The molecule has 0 radical (unpaired) electrons. The fourth-order valence-corrected chi connectivity index (χ4v) is 2.53. The zero-order valence-electron chi connectivity index (χ0n) is 9.71. The fourth-order valence-electron chi connectivity index (χ4n) is 2.15. The van der Waals surface area contributed by atoms with Crippen molar-refractivity contribution in [3.8, 4) is 17.3 Å². The largest absolute Gasteiger partial charge is 0.454 e. The molecule has 0 unspecified atom stereocenters. The van der Waals surface area contributed by atoms with Crippen molar-refractivity contribution in [1.29, 1.82) is 0 Å². The number of fused-ring (bicyclic) bond motifs is 2. The van der Waals surface area contributed by atoms with E-state index in [9.17, 15) is 0 Å². The SMILES string of the molecule is Ic1cnn(-c2nccc3cc4c(cc23)OCO4)c1. The van der Waals surface area contributed by atoms with Crippen molar-refractivity contribution in [1.82, 2.24) is 14.8 Å². The van der Waals surface area contributed by atoms with Gasteiger partial charge < -0.3 is 9.47 Å². The van der Waals surface area contributed by atoms with E-state index in [-0.39, 0.29) is 6.79 Å². The summed E-state index contributed by atoms with van der Waals surface area (Å²) >= 11 is 2.22. The highest BCUT2D eigenvalue weighted by molar-refractivity contribution is 14.1. The van der Waals surface area contributed by atoms with Crippen LogP contribution in [0.4, 0.5) is 0 Å².